The normalized spacial score (nSPS) is 14.1. The van der Waals surface area contributed by atoms with Gasteiger partial charge in [-0.1, -0.05) is 29.3 Å². The van der Waals surface area contributed by atoms with Gasteiger partial charge in [0, 0.05) is 21.7 Å². The van der Waals surface area contributed by atoms with Gasteiger partial charge in [0.1, 0.15) is 11.5 Å². The standard InChI is InChI=1S/C20H10Cl2O5/c21-14-3-1-4-15(22)13(14)10-18-19(23)12-7-6-11(9-17(12)27-18)26-20(24)16-5-2-8-25-16/h1-10H/b18-10-. The summed E-state index contributed by atoms with van der Waals surface area (Å²) in [5.41, 5.74) is 0.837. The zero-order valence-electron chi connectivity index (χ0n) is 13.6. The van der Waals surface area contributed by atoms with E-state index in [2.05, 4.69) is 0 Å². The number of ketones is 1. The third-order valence-corrected chi connectivity index (χ3v) is 4.51. The molecule has 0 spiro atoms. The van der Waals surface area contributed by atoms with E-state index < -0.39 is 5.97 Å². The molecule has 0 amide bonds. The molecule has 0 fully saturated rings. The lowest BCUT2D eigenvalue weighted by Gasteiger charge is -2.04. The molecule has 134 valence electrons. The monoisotopic (exact) mass is 400 g/mol. The lowest BCUT2D eigenvalue weighted by atomic mass is 10.1. The molecule has 0 N–H and O–H groups in total. The summed E-state index contributed by atoms with van der Waals surface area (Å²) in [6.07, 6.45) is 2.86. The Bertz CT molecular complexity index is 1060. The molecule has 3 aromatic rings. The van der Waals surface area contributed by atoms with Gasteiger partial charge in [0.25, 0.3) is 0 Å². The first-order valence-corrected chi connectivity index (χ1v) is 8.56. The smallest absolute Gasteiger partial charge is 0.379 e. The predicted molar refractivity (Wildman–Crippen MR) is 99.5 cm³/mol. The molecule has 4 rings (SSSR count). The molecule has 7 heteroatoms. The maximum absolute atomic E-state index is 12.5. The number of rotatable bonds is 3. The first-order valence-electron chi connectivity index (χ1n) is 7.81. The van der Waals surface area contributed by atoms with Gasteiger partial charge in [-0.25, -0.2) is 4.79 Å². The Morgan fingerprint density at radius 3 is 2.52 bits per heavy atom. The lowest BCUT2D eigenvalue weighted by Crippen LogP contribution is -2.07. The minimum Gasteiger partial charge on any atom is -0.457 e. The largest absolute Gasteiger partial charge is 0.457 e. The molecule has 27 heavy (non-hydrogen) atoms. The average Bonchev–Trinajstić information content (AvgIpc) is 3.27. The van der Waals surface area contributed by atoms with Crippen LogP contribution in [0.2, 0.25) is 10.0 Å². The number of ether oxygens (including phenoxy) is 2. The predicted octanol–water partition coefficient (Wildman–Crippen LogP) is 5.42. The van der Waals surface area contributed by atoms with E-state index >= 15 is 0 Å². The van der Waals surface area contributed by atoms with Crippen LogP contribution >= 0.6 is 23.2 Å². The second kappa shape index (κ2) is 6.95. The fourth-order valence-corrected chi connectivity index (χ4v) is 3.07. The number of Topliss-reactive ketones (excluding diaryl/α,β-unsaturated/α-hetero) is 1. The van der Waals surface area contributed by atoms with Crippen LogP contribution in [0.3, 0.4) is 0 Å². The first kappa shape index (κ1) is 17.4. The number of fused-ring (bicyclic) bond motifs is 1. The number of hydrogen-bond donors (Lipinski definition) is 0. The van der Waals surface area contributed by atoms with Crippen LogP contribution in [0, 0.1) is 0 Å². The van der Waals surface area contributed by atoms with E-state index in [0.717, 1.165) is 0 Å². The van der Waals surface area contributed by atoms with Crippen molar-refractivity contribution >= 4 is 41.0 Å². The van der Waals surface area contributed by atoms with Crippen molar-refractivity contribution in [2.75, 3.05) is 0 Å². The van der Waals surface area contributed by atoms with Crippen molar-refractivity contribution in [3.05, 3.63) is 87.5 Å². The zero-order chi connectivity index (χ0) is 19.0. The van der Waals surface area contributed by atoms with Gasteiger partial charge < -0.3 is 13.9 Å². The van der Waals surface area contributed by atoms with Crippen LogP contribution < -0.4 is 9.47 Å². The molecule has 1 aliphatic heterocycles. The third kappa shape index (κ3) is 3.35. The minimum atomic E-state index is -0.650. The van der Waals surface area contributed by atoms with E-state index in [4.69, 9.17) is 37.1 Å². The number of halogens is 2. The van der Waals surface area contributed by atoms with Crippen LogP contribution in [-0.4, -0.2) is 11.8 Å². The molecule has 0 bridgehead atoms. The van der Waals surface area contributed by atoms with Gasteiger partial charge in [0.05, 0.1) is 11.8 Å². The molecular formula is C20H10Cl2O5. The maximum atomic E-state index is 12.5. The van der Waals surface area contributed by atoms with Crippen LogP contribution in [0.15, 0.2) is 65.0 Å². The van der Waals surface area contributed by atoms with Crippen molar-refractivity contribution in [1.29, 1.82) is 0 Å². The van der Waals surface area contributed by atoms with E-state index in [1.54, 1.807) is 24.3 Å². The molecule has 2 heterocycles. The first-order chi connectivity index (χ1) is 13.0. The number of allylic oxidation sites excluding steroid dienone is 1. The quantitative estimate of drug-likeness (QED) is 0.333. The third-order valence-electron chi connectivity index (χ3n) is 3.85. The maximum Gasteiger partial charge on any atom is 0.379 e. The highest BCUT2D eigenvalue weighted by Crippen LogP contribution is 2.36. The van der Waals surface area contributed by atoms with Crippen molar-refractivity contribution < 1.29 is 23.5 Å². The number of furan rings is 1. The minimum absolute atomic E-state index is 0.0708. The Morgan fingerprint density at radius 2 is 1.81 bits per heavy atom. The summed E-state index contributed by atoms with van der Waals surface area (Å²) in [6, 6.07) is 12.6. The number of carbonyl (C=O) groups is 2. The molecule has 0 unspecified atom stereocenters. The highest BCUT2D eigenvalue weighted by molar-refractivity contribution is 6.37. The summed E-state index contributed by atoms with van der Waals surface area (Å²) in [5.74, 6) is -0.317. The van der Waals surface area contributed by atoms with Gasteiger partial charge in [-0.3, -0.25) is 4.79 Å². The summed E-state index contributed by atoms with van der Waals surface area (Å²) in [7, 11) is 0. The SMILES string of the molecule is O=C(Oc1ccc2c(c1)O/C(=C\c1c(Cl)cccc1Cl)C2=O)c1ccco1. The molecule has 0 atom stereocenters. The topological polar surface area (TPSA) is 65.7 Å². The average molecular weight is 401 g/mol. The van der Waals surface area contributed by atoms with Crippen LogP contribution in [0.5, 0.6) is 11.5 Å². The summed E-state index contributed by atoms with van der Waals surface area (Å²) >= 11 is 12.3. The summed E-state index contributed by atoms with van der Waals surface area (Å²) < 4.78 is 15.8. The Kier molecular flexibility index (Phi) is 4.48. The van der Waals surface area contributed by atoms with E-state index in [0.29, 0.717) is 21.2 Å². The molecule has 1 aliphatic rings. The molecule has 0 radical (unpaired) electrons. The summed E-state index contributed by atoms with van der Waals surface area (Å²) in [6.45, 7) is 0. The van der Waals surface area contributed by atoms with Gasteiger partial charge in [0.15, 0.2) is 5.76 Å². The van der Waals surface area contributed by atoms with Crippen molar-refractivity contribution in [1.82, 2.24) is 0 Å². The number of benzene rings is 2. The van der Waals surface area contributed by atoms with Crippen LogP contribution in [0.25, 0.3) is 6.08 Å². The van der Waals surface area contributed by atoms with Gasteiger partial charge in [-0.15, -0.1) is 0 Å². The van der Waals surface area contributed by atoms with E-state index in [9.17, 15) is 9.59 Å². The van der Waals surface area contributed by atoms with Crippen molar-refractivity contribution in [3.8, 4) is 11.5 Å². The fraction of sp³-hybridized carbons (Fsp3) is 0. The summed E-state index contributed by atoms with van der Waals surface area (Å²) in [4.78, 5) is 24.5. The van der Waals surface area contributed by atoms with E-state index in [1.165, 1.54) is 36.6 Å². The van der Waals surface area contributed by atoms with E-state index in [-0.39, 0.29) is 28.8 Å². The molecule has 5 nitrogen and oxygen atoms in total. The highest BCUT2D eigenvalue weighted by atomic mass is 35.5. The van der Waals surface area contributed by atoms with Crippen molar-refractivity contribution in [2.45, 2.75) is 0 Å². The summed E-state index contributed by atoms with van der Waals surface area (Å²) in [5, 5.41) is 0.797. The number of carbonyl (C=O) groups excluding carboxylic acids is 2. The molecular weight excluding hydrogens is 391 g/mol. The second-order valence-corrected chi connectivity index (χ2v) is 6.41. The van der Waals surface area contributed by atoms with Crippen molar-refractivity contribution in [3.63, 3.8) is 0 Å². The Labute approximate surface area is 163 Å². The molecule has 0 saturated heterocycles. The zero-order valence-corrected chi connectivity index (χ0v) is 15.1. The molecule has 0 aliphatic carbocycles. The number of hydrogen-bond acceptors (Lipinski definition) is 5. The molecule has 0 saturated carbocycles. The Morgan fingerprint density at radius 1 is 1.04 bits per heavy atom. The lowest BCUT2D eigenvalue weighted by molar-refractivity contribution is 0.0701. The second-order valence-electron chi connectivity index (χ2n) is 5.60. The van der Waals surface area contributed by atoms with E-state index in [1.807, 2.05) is 0 Å². The van der Waals surface area contributed by atoms with Crippen molar-refractivity contribution in [2.24, 2.45) is 0 Å². The van der Waals surface area contributed by atoms with Gasteiger partial charge in [-0.05, 0) is 42.5 Å². The van der Waals surface area contributed by atoms with Crippen LogP contribution in [0.1, 0.15) is 26.5 Å². The molecule has 1 aromatic heterocycles. The Hall–Kier alpha value is -3.02. The highest BCUT2D eigenvalue weighted by Gasteiger charge is 2.28. The van der Waals surface area contributed by atoms with Crippen LogP contribution in [-0.2, 0) is 0 Å². The van der Waals surface area contributed by atoms with Gasteiger partial charge >= 0.3 is 5.97 Å². The fourth-order valence-electron chi connectivity index (χ4n) is 2.56. The van der Waals surface area contributed by atoms with Crippen LogP contribution in [0.4, 0.5) is 0 Å². The number of esters is 1. The van der Waals surface area contributed by atoms with Gasteiger partial charge in [-0.2, -0.15) is 0 Å². The van der Waals surface area contributed by atoms with Gasteiger partial charge in [0.2, 0.25) is 11.5 Å². The Balaban J connectivity index is 1.61. The molecule has 2 aromatic carbocycles.